The first-order chi connectivity index (χ1) is 13.0. The summed E-state index contributed by atoms with van der Waals surface area (Å²) >= 11 is 0. The number of carbonyl (C=O) groups excluding carboxylic acids is 1. The average molecular weight is 372 g/mol. The quantitative estimate of drug-likeness (QED) is 0.832. The van der Waals surface area contributed by atoms with Crippen molar-refractivity contribution in [3.05, 3.63) is 35.4 Å². The molecule has 0 radical (unpaired) electrons. The molecule has 2 aliphatic heterocycles. The highest BCUT2D eigenvalue weighted by molar-refractivity contribution is 5.73. The predicted octanol–water partition coefficient (Wildman–Crippen LogP) is 3.45. The molecule has 0 aliphatic carbocycles. The van der Waals surface area contributed by atoms with Gasteiger partial charge in [0.25, 0.3) is 0 Å². The van der Waals surface area contributed by atoms with Gasteiger partial charge in [0.15, 0.2) is 0 Å². The number of carbonyl (C=O) groups is 1. The molecule has 2 saturated heterocycles. The van der Waals surface area contributed by atoms with Crippen LogP contribution in [0.3, 0.4) is 0 Å². The third-order valence-corrected chi connectivity index (χ3v) is 5.99. The summed E-state index contributed by atoms with van der Waals surface area (Å²) in [4.78, 5) is 16.1. The molecule has 4 nitrogen and oxygen atoms in total. The Kier molecular flexibility index (Phi) is 7.31. The minimum atomic E-state index is 0.219. The topological polar surface area (TPSA) is 35.6 Å². The molecule has 1 aromatic carbocycles. The number of likely N-dealkylation sites (tertiary alicyclic amines) is 2. The first-order valence-electron chi connectivity index (χ1n) is 10.8. The molecule has 2 fully saturated rings. The van der Waals surface area contributed by atoms with Crippen LogP contribution in [0, 0.1) is 5.92 Å². The van der Waals surface area contributed by atoms with Gasteiger partial charge in [-0.25, -0.2) is 0 Å². The van der Waals surface area contributed by atoms with E-state index >= 15 is 0 Å². The fourth-order valence-corrected chi connectivity index (χ4v) is 4.54. The lowest BCUT2D eigenvalue weighted by Crippen LogP contribution is -2.52. The minimum Gasteiger partial charge on any atom is -0.343 e. The third kappa shape index (κ3) is 6.32. The van der Waals surface area contributed by atoms with Crippen LogP contribution >= 0.6 is 0 Å². The zero-order valence-electron chi connectivity index (χ0n) is 17.4. The first-order valence-corrected chi connectivity index (χ1v) is 10.8. The van der Waals surface area contributed by atoms with Crippen LogP contribution in [0.2, 0.25) is 0 Å². The second-order valence-electron chi connectivity index (χ2n) is 8.94. The van der Waals surface area contributed by atoms with Gasteiger partial charge in [0.2, 0.25) is 5.91 Å². The Morgan fingerprint density at radius 3 is 2.33 bits per heavy atom. The van der Waals surface area contributed by atoms with E-state index in [1.165, 1.54) is 36.9 Å². The Morgan fingerprint density at radius 1 is 1.04 bits per heavy atom. The van der Waals surface area contributed by atoms with Crippen molar-refractivity contribution in [1.82, 2.24) is 15.1 Å². The van der Waals surface area contributed by atoms with Crippen molar-refractivity contribution in [2.45, 2.75) is 71.5 Å². The fraction of sp³-hybridized carbons (Fsp3) is 0.696. The van der Waals surface area contributed by atoms with Gasteiger partial charge in [0.1, 0.15) is 0 Å². The maximum Gasteiger partial charge on any atom is 0.219 e. The molecule has 0 spiro atoms. The summed E-state index contributed by atoms with van der Waals surface area (Å²) in [6.07, 6.45) is 5.89. The minimum absolute atomic E-state index is 0.219. The maximum atomic E-state index is 11.5. The Balaban J connectivity index is 1.44. The van der Waals surface area contributed by atoms with Gasteiger partial charge in [-0.2, -0.15) is 0 Å². The smallest absolute Gasteiger partial charge is 0.219 e. The van der Waals surface area contributed by atoms with Crippen molar-refractivity contribution in [2.24, 2.45) is 5.92 Å². The van der Waals surface area contributed by atoms with Gasteiger partial charge in [-0.1, -0.05) is 38.1 Å². The molecule has 1 amide bonds. The zero-order chi connectivity index (χ0) is 19.2. The molecular weight excluding hydrogens is 334 g/mol. The van der Waals surface area contributed by atoms with Crippen LogP contribution < -0.4 is 5.32 Å². The first kappa shape index (κ1) is 20.3. The number of hydrogen-bond acceptors (Lipinski definition) is 3. The molecule has 0 saturated carbocycles. The SMILES string of the molecule is CC(=O)N1CCC(NC2CCCN(Cc3ccc(CC(C)C)cc3)C2)CC1. The number of hydrogen-bond donors (Lipinski definition) is 1. The van der Waals surface area contributed by atoms with Crippen LogP contribution in [0.1, 0.15) is 57.6 Å². The van der Waals surface area contributed by atoms with Crippen LogP contribution in [0.4, 0.5) is 0 Å². The van der Waals surface area contributed by atoms with E-state index in [1.807, 2.05) is 4.90 Å². The highest BCUT2D eigenvalue weighted by atomic mass is 16.2. The summed E-state index contributed by atoms with van der Waals surface area (Å²) in [6.45, 7) is 11.5. The van der Waals surface area contributed by atoms with Crippen LogP contribution in [-0.4, -0.2) is 54.0 Å². The van der Waals surface area contributed by atoms with Crippen molar-refractivity contribution in [2.75, 3.05) is 26.2 Å². The lowest BCUT2D eigenvalue weighted by Gasteiger charge is -2.38. The number of nitrogens with zero attached hydrogens (tertiary/aromatic N) is 2. The van der Waals surface area contributed by atoms with Gasteiger partial charge in [-0.05, 0) is 55.7 Å². The molecule has 0 bridgehead atoms. The maximum absolute atomic E-state index is 11.5. The van der Waals surface area contributed by atoms with E-state index < -0.39 is 0 Å². The van der Waals surface area contributed by atoms with E-state index in [9.17, 15) is 4.79 Å². The largest absolute Gasteiger partial charge is 0.343 e. The van der Waals surface area contributed by atoms with Crippen molar-refractivity contribution in [1.29, 1.82) is 0 Å². The van der Waals surface area contributed by atoms with Crippen molar-refractivity contribution in [3.8, 4) is 0 Å². The summed E-state index contributed by atoms with van der Waals surface area (Å²) in [5, 5.41) is 3.88. The molecule has 150 valence electrons. The van der Waals surface area contributed by atoms with Crippen molar-refractivity contribution in [3.63, 3.8) is 0 Å². The second-order valence-corrected chi connectivity index (χ2v) is 8.94. The number of nitrogens with one attached hydrogen (secondary N) is 1. The molecule has 3 rings (SSSR count). The second kappa shape index (κ2) is 9.70. The molecular formula is C23H37N3O. The Morgan fingerprint density at radius 2 is 1.70 bits per heavy atom. The van der Waals surface area contributed by atoms with Gasteiger partial charge >= 0.3 is 0 Å². The highest BCUT2D eigenvalue weighted by Crippen LogP contribution is 2.18. The Bertz CT molecular complexity index is 590. The van der Waals surface area contributed by atoms with Gasteiger partial charge in [-0.3, -0.25) is 9.69 Å². The molecule has 1 atom stereocenters. The molecule has 1 unspecified atom stereocenters. The lowest BCUT2D eigenvalue weighted by molar-refractivity contribution is -0.129. The van der Waals surface area contributed by atoms with Crippen LogP contribution in [0.15, 0.2) is 24.3 Å². The number of rotatable bonds is 6. The van der Waals surface area contributed by atoms with E-state index in [0.717, 1.165) is 39.0 Å². The van der Waals surface area contributed by atoms with Gasteiger partial charge in [0, 0.05) is 45.2 Å². The zero-order valence-corrected chi connectivity index (χ0v) is 17.4. The molecule has 1 N–H and O–H groups in total. The van der Waals surface area contributed by atoms with Crippen LogP contribution in [-0.2, 0) is 17.8 Å². The monoisotopic (exact) mass is 371 g/mol. The number of piperidine rings is 2. The van der Waals surface area contributed by atoms with Gasteiger partial charge in [-0.15, -0.1) is 0 Å². The Hall–Kier alpha value is -1.39. The van der Waals surface area contributed by atoms with E-state index in [-0.39, 0.29) is 5.91 Å². The van der Waals surface area contributed by atoms with E-state index in [4.69, 9.17) is 0 Å². The molecule has 2 heterocycles. The highest BCUT2D eigenvalue weighted by Gasteiger charge is 2.25. The van der Waals surface area contributed by atoms with Gasteiger partial charge in [0.05, 0.1) is 0 Å². The normalized spacial score (nSPS) is 22.4. The third-order valence-electron chi connectivity index (χ3n) is 5.99. The lowest BCUT2D eigenvalue weighted by atomic mass is 9.99. The van der Waals surface area contributed by atoms with E-state index in [1.54, 1.807) is 6.92 Å². The molecule has 0 aromatic heterocycles. The van der Waals surface area contributed by atoms with E-state index in [0.29, 0.717) is 18.0 Å². The molecule has 1 aromatic rings. The predicted molar refractivity (Wildman–Crippen MR) is 112 cm³/mol. The number of amides is 1. The summed E-state index contributed by atoms with van der Waals surface area (Å²) in [6, 6.07) is 10.4. The van der Waals surface area contributed by atoms with Crippen molar-refractivity contribution >= 4 is 5.91 Å². The average Bonchev–Trinajstić information content (AvgIpc) is 2.64. The van der Waals surface area contributed by atoms with Crippen LogP contribution in [0.5, 0.6) is 0 Å². The van der Waals surface area contributed by atoms with Gasteiger partial charge < -0.3 is 10.2 Å². The summed E-state index contributed by atoms with van der Waals surface area (Å²) in [5.41, 5.74) is 2.88. The van der Waals surface area contributed by atoms with Crippen molar-refractivity contribution < 1.29 is 4.79 Å². The molecule has 2 aliphatic rings. The summed E-state index contributed by atoms with van der Waals surface area (Å²) < 4.78 is 0. The molecule has 27 heavy (non-hydrogen) atoms. The standard InChI is InChI=1S/C23H37N3O/c1-18(2)15-20-6-8-21(9-7-20)16-25-12-4-5-23(17-25)24-22-10-13-26(14-11-22)19(3)27/h6-9,18,22-24H,4-5,10-17H2,1-3H3. The Labute approximate surface area is 165 Å². The fourth-order valence-electron chi connectivity index (χ4n) is 4.54. The summed E-state index contributed by atoms with van der Waals surface area (Å²) in [7, 11) is 0. The number of benzene rings is 1. The van der Waals surface area contributed by atoms with Crippen LogP contribution in [0.25, 0.3) is 0 Å². The van der Waals surface area contributed by atoms with E-state index in [2.05, 4.69) is 48.3 Å². The summed E-state index contributed by atoms with van der Waals surface area (Å²) in [5.74, 6) is 0.934. The molecule has 4 heteroatoms.